The fourth-order valence-electron chi connectivity index (χ4n) is 15.0. The molecule has 0 bridgehead atoms. The molecule has 0 aliphatic carbocycles. The topological polar surface area (TPSA) is 341 Å². The number of nitrogens with zero attached hydrogens (tertiary/aromatic N) is 4. The zero-order valence-corrected chi connectivity index (χ0v) is 97.5. The predicted octanol–water partition coefficient (Wildman–Crippen LogP) is 21.0. The van der Waals surface area contributed by atoms with Crippen molar-refractivity contribution in [3.8, 4) is 0 Å². The van der Waals surface area contributed by atoms with E-state index in [1.54, 1.807) is 70.6 Å². The van der Waals surface area contributed by atoms with Crippen molar-refractivity contribution in [1.29, 1.82) is 0 Å². The number of hydrogen-bond acceptors (Lipinski definition) is 35. The van der Waals surface area contributed by atoms with E-state index in [1.807, 2.05) is 51.3 Å². The van der Waals surface area contributed by atoms with Crippen LogP contribution < -0.4 is 5.32 Å². The highest BCUT2D eigenvalue weighted by molar-refractivity contribution is 8.00. The minimum atomic E-state index is -0.541. The number of thioether (sulfide) groups is 6. The average Bonchev–Trinajstić information content (AvgIpc) is 0.867. The molecule has 0 aromatic heterocycles. The summed E-state index contributed by atoms with van der Waals surface area (Å²) < 4.78 is 66.9. The van der Waals surface area contributed by atoms with Gasteiger partial charge in [-0.1, -0.05) is 276 Å². The first-order chi connectivity index (χ1) is 70.3. The van der Waals surface area contributed by atoms with Crippen LogP contribution in [0.4, 0.5) is 0 Å². The lowest BCUT2D eigenvalue weighted by Gasteiger charge is -2.28. The summed E-state index contributed by atoms with van der Waals surface area (Å²) in [6.45, 7) is 26.6. The molecule has 0 fully saturated rings. The summed E-state index contributed by atoms with van der Waals surface area (Å²) in [5.74, 6) is 2.21. The zero-order chi connectivity index (χ0) is 107. The number of nitrogens with one attached hydrogen (secondary N) is 1. The van der Waals surface area contributed by atoms with Crippen molar-refractivity contribution in [2.45, 2.75) is 353 Å². The van der Waals surface area contributed by atoms with E-state index < -0.39 is 35.8 Å². The van der Waals surface area contributed by atoms with Gasteiger partial charge in [0, 0.05) is 126 Å². The van der Waals surface area contributed by atoms with Gasteiger partial charge < -0.3 is 81.8 Å². The van der Waals surface area contributed by atoms with Crippen LogP contribution in [0.5, 0.6) is 0 Å². The molecule has 0 saturated carbocycles. The monoisotopic (exact) mass is 2170 g/mol. The number of carbonyl (C=O) groups excluding carboxylic acids is 12. The Morgan fingerprint density at radius 3 is 0.483 bits per heavy atom. The van der Waals surface area contributed by atoms with Crippen LogP contribution in [0, 0.1) is 35.5 Å². The third-order valence-electron chi connectivity index (χ3n) is 24.5. The van der Waals surface area contributed by atoms with E-state index in [0.717, 1.165) is 73.0 Å². The van der Waals surface area contributed by atoms with Crippen molar-refractivity contribution in [2.24, 2.45) is 35.5 Å². The number of carbonyl (C=O) groups is 12. The number of unbranched alkanes of at least 4 members (excludes halogenated alkanes) is 30. The molecular weight excluding hydrogens is 1970 g/mol. The maximum atomic E-state index is 13.7. The predicted molar refractivity (Wildman–Crippen MR) is 597 cm³/mol. The van der Waals surface area contributed by atoms with E-state index in [0.29, 0.717) is 86.9 Å². The molecule has 29 nitrogen and oxygen atoms in total. The van der Waals surface area contributed by atoms with Gasteiger partial charge >= 0.3 is 71.6 Å². The molecule has 145 heavy (non-hydrogen) atoms. The summed E-state index contributed by atoms with van der Waals surface area (Å²) in [6, 6.07) is 0. The van der Waals surface area contributed by atoms with Gasteiger partial charge in [0.15, 0.2) is 0 Å². The standard InChI is InChI=1S/C110H203N5O24S6/c1-13-19-25-31-37-43-81-140-87-93(7)105(122)134-75-69-128-99(116)49-57-112(58-50-100(117)129-70-76-135-106(123)94(8)88-141-82-44-38-32-26-20-14-2)65-67-114(61-53-103(120)132-73-79-138-109(126)97(11)91-144-85-47-41-35-29-23-17-5)63-55-111-56-64-115(62-54-104(121)133-74-80-139-110(127)98(12)92-145-86-48-42-36-30-24-18-6)68-66-113(59-51-101(118)130-71-77-136-107(124)95(9)89-142-83-45-39-33-27-21-15-3)60-52-102(119)131-72-78-137-108(125)96(10)90-143-84-46-40-34-28-22-16-4/h93-98,111H,13-92H2,1-12H3. The van der Waals surface area contributed by atoms with E-state index >= 15 is 0 Å². The summed E-state index contributed by atoms with van der Waals surface area (Å²) in [4.78, 5) is 167. The number of rotatable bonds is 108. The Morgan fingerprint density at radius 1 is 0.186 bits per heavy atom. The molecule has 0 aliphatic rings. The van der Waals surface area contributed by atoms with Crippen molar-refractivity contribution in [1.82, 2.24) is 24.9 Å². The second-order valence-electron chi connectivity index (χ2n) is 38.4. The summed E-state index contributed by atoms with van der Waals surface area (Å²) in [7, 11) is 0. The zero-order valence-electron chi connectivity index (χ0n) is 92.6. The summed E-state index contributed by atoms with van der Waals surface area (Å²) >= 11 is 10.4. The lowest BCUT2D eigenvalue weighted by atomic mass is 10.1. The lowest BCUT2D eigenvalue weighted by Crippen LogP contribution is -2.43. The van der Waals surface area contributed by atoms with Crippen molar-refractivity contribution in [3.05, 3.63) is 0 Å². The second kappa shape index (κ2) is 104. The Bertz CT molecular complexity index is 2860. The molecule has 35 heteroatoms. The van der Waals surface area contributed by atoms with Crippen LogP contribution in [0.2, 0.25) is 0 Å². The smallest absolute Gasteiger partial charge is 0.309 e. The molecule has 6 unspecified atom stereocenters. The molecule has 0 rings (SSSR count). The normalized spacial score (nSPS) is 12.7. The molecule has 0 spiro atoms. The third-order valence-corrected chi connectivity index (χ3v) is 32.4. The molecule has 6 atom stereocenters. The Kier molecular flexibility index (Phi) is 101. The fraction of sp³-hybridized carbons (Fsp3) is 0.891. The highest BCUT2D eigenvalue weighted by atomic mass is 32.2. The Balaban J connectivity index is 7.18. The van der Waals surface area contributed by atoms with Crippen LogP contribution in [0.15, 0.2) is 0 Å². The van der Waals surface area contributed by atoms with E-state index in [1.165, 1.54) is 193 Å². The van der Waals surface area contributed by atoms with Gasteiger partial charge in [-0.05, 0) is 73.0 Å². The Labute approximate surface area is 903 Å². The molecule has 0 heterocycles. The largest absolute Gasteiger partial charge is 0.462 e. The maximum Gasteiger partial charge on any atom is 0.309 e. The molecule has 0 radical (unpaired) electrons. The highest BCUT2D eigenvalue weighted by Crippen LogP contribution is 2.23. The molecule has 0 saturated heterocycles. The van der Waals surface area contributed by atoms with Crippen molar-refractivity contribution in [2.75, 3.05) is 240 Å². The Hall–Kier alpha value is -4.46. The average molecular weight is 2170 g/mol. The van der Waals surface area contributed by atoms with E-state index in [-0.39, 0.29) is 228 Å². The highest BCUT2D eigenvalue weighted by Gasteiger charge is 2.25. The minimum Gasteiger partial charge on any atom is -0.462 e. The van der Waals surface area contributed by atoms with Gasteiger partial charge in [-0.3, -0.25) is 57.5 Å². The quantitative estimate of drug-likeness (QED) is 0.0336. The first kappa shape index (κ1) is 141. The van der Waals surface area contributed by atoms with Gasteiger partial charge in [0.05, 0.1) is 74.0 Å². The fourth-order valence-corrected chi connectivity index (χ4v) is 21.3. The SMILES string of the molecule is CCCCCCCCSCC(C)C(=O)OCCOC(=O)CCN(CCNCCN(CCC(=O)OCCOC(=O)C(C)CSCCCCCCCC)CCN(CCC(=O)OCCOC(=O)C(C)CSCCCCCCCC)CCC(=O)OCCOC(=O)C(C)CSCCCCCCCC)CCN(CCC(=O)OCCOC(=O)C(C)CSCCCCCCCC)CCC(=O)OCCOC(=O)C(C)CSCCCCCCCC. The van der Waals surface area contributed by atoms with Gasteiger partial charge in [0.2, 0.25) is 0 Å². The van der Waals surface area contributed by atoms with Crippen LogP contribution in [-0.2, 0) is 114 Å². The van der Waals surface area contributed by atoms with Crippen LogP contribution >= 0.6 is 70.6 Å². The second-order valence-corrected chi connectivity index (χ2v) is 45.3. The maximum absolute atomic E-state index is 13.7. The number of esters is 12. The molecule has 848 valence electrons. The van der Waals surface area contributed by atoms with Gasteiger partial charge in [0.25, 0.3) is 0 Å². The summed E-state index contributed by atoms with van der Waals surface area (Å²) in [6.07, 6.45) is 42.5. The van der Waals surface area contributed by atoms with Gasteiger partial charge in [-0.2, -0.15) is 70.6 Å². The molecule has 0 aromatic rings. The summed E-state index contributed by atoms with van der Waals surface area (Å²) in [5, 5.41) is 3.55. The van der Waals surface area contributed by atoms with Crippen LogP contribution in [0.1, 0.15) is 353 Å². The lowest BCUT2D eigenvalue weighted by molar-refractivity contribution is -0.154. The third kappa shape index (κ3) is 91.8. The van der Waals surface area contributed by atoms with E-state index in [9.17, 15) is 57.5 Å². The number of hydrogen-bond donors (Lipinski definition) is 1. The molecule has 0 aromatic carbocycles. The van der Waals surface area contributed by atoms with E-state index in [2.05, 4.69) is 56.7 Å². The molecule has 0 amide bonds. The van der Waals surface area contributed by atoms with Crippen molar-refractivity contribution >= 4 is 142 Å². The van der Waals surface area contributed by atoms with Crippen LogP contribution in [0.25, 0.3) is 0 Å². The molecular formula is C110H203N5O24S6. The molecule has 0 aliphatic heterocycles. The van der Waals surface area contributed by atoms with Gasteiger partial charge in [-0.15, -0.1) is 0 Å². The van der Waals surface area contributed by atoms with E-state index in [4.69, 9.17) is 56.8 Å². The molecule has 1 N–H and O–H groups in total. The Morgan fingerprint density at radius 2 is 0.324 bits per heavy atom. The summed E-state index contributed by atoms with van der Waals surface area (Å²) in [5.41, 5.74) is 0. The minimum absolute atomic E-state index is 0.0437. The van der Waals surface area contributed by atoms with Crippen LogP contribution in [-0.4, -0.2) is 331 Å². The van der Waals surface area contributed by atoms with Gasteiger partial charge in [-0.25, -0.2) is 0 Å². The first-order valence-corrected chi connectivity index (χ1v) is 63.3. The first-order valence-electron chi connectivity index (χ1n) is 56.3. The van der Waals surface area contributed by atoms with Crippen molar-refractivity contribution in [3.63, 3.8) is 0 Å². The van der Waals surface area contributed by atoms with Crippen molar-refractivity contribution < 1.29 is 114 Å². The number of ether oxygens (including phenoxy) is 12. The van der Waals surface area contributed by atoms with Gasteiger partial charge in [0.1, 0.15) is 79.3 Å². The van der Waals surface area contributed by atoms with Crippen LogP contribution in [0.3, 0.4) is 0 Å².